The Hall–Kier alpha value is -3.06. The summed E-state index contributed by atoms with van der Waals surface area (Å²) in [4.78, 5) is 19.9. The number of nitrogens with one attached hydrogen (secondary N) is 1. The van der Waals surface area contributed by atoms with Crippen LogP contribution in [0.15, 0.2) is 30.5 Å². The number of benzene rings is 1. The highest BCUT2D eigenvalue weighted by Crippen LogP contribution is 2.36. The number of piperidine rings is 1. The first-order valence-electron chi connectivity index (χ1n) is 10.4. The predicted molar refractivity (Wildman–Crippen MR) is 114 cm³/mol. The van der Waals surface area contributed by atoms with Crippen molar-refractivity contribution in [1.82, 2.24) is 10.3 Å². The summed E-state index contributed by atoms with van der Waals surface area (Å²) < 4.78 is 53.6. The number of nitriles is 1. The van der Waals surface area contributed by atoms with Crippen molar-refractivity contribution in [3.8, 4) is 6.07 Å². The van der Waals surface area contributed by atoms with Crippen molar-refractivity contribution >= 4 is 29.0 Å². The van der Waals surface area contributed by atoms with Crippen molar-refractivity contribution in [2.24, 2.45) is 0 Å². The van der Waals surface area contributed by atoms with E-state index < -0.39 is 23.6 Å². The molecule has 1 atom stereocenters. The van der Waals surface area contributed by atoms with Crippen LogP contribution in [0.2, 0.25) is 5.02 Å². The van der Waals surface area contributed by atoms with Gasteiger partial charge in [0.05, 0.1) is 27.9 Å². The van der Waals surface area contributed by atoms with Gasteiger partial charge in [-0.15, -0.1) is 0 Å². The summed E-state index contributed by atoms with van der Waals surface area (Å²) in [5, 5.41) is 11.7. The number of nitrogens with zero attached hydrogens (tertiary/aromatic N) is 4. The van der Waals surface area contributed by atoms with Gasteiger partial charge in [0, 0.05) is 31.9 Å². The van der Waals surface area contributed by atoms with E-state index in [1.165, 1.54) is 12.1 Å². The minimum absolute atomic E-state index is 0.0894. The molecule has 2 aliphatic rings. The fourth-order valence-electron chi connectivity index (χ4n) is 4.43. The summed E-state index contributed by atoms with van der Waals surface area (Å²) in [5.74, 6) is -0.505. The molecule has 0 aliphatic carbocycles. The van der Waals surface area contributed by atoms with Gasteiger partial charge in [-0.05, 0) is 43.5 Å². The molecule has 0 unspecified atom stereocenters. The Morgan fingerprint density at radius 3 is 2.48 bits per heavy atom. The van der Waals surface area contributed by atoms with Gasteiger partial charge in [-0.3, -0.25) is 4.79 Å². The second-order valence-corrected chi connectivity index (χ2v) is 8.43. The van der Waals surface area contributed by atoms with Gasteiger partial charge in [-0.2, -0.15) is 18.4 Å². The Balaban J connectivity index is 1.56. The van der Waals surface area contributed by atoms with Crippen LogP contribution in [-0.2, 0) is 11.0 Å². The lowest BCUT2D eigenvalue weighted by Crippen LogP contribution is -2.52. The summed E-state index contributed by atoms with van der Waals surface area (Å²) in [5.41, 5.74) is -0.481. The van der Waals surface area contributed by atoms with Crippen molar-refractivity contribution in [3.05, 3.63) is 52.4 Å². The highest BCUT2D eigenvalue weighted by molar-refractivity contribution is 6.33. The molecule has 6 nitrogen and oxygen atoms in total. The number of alkyl halides is 3. The number of hydrogen-bond acceptors (Lipinski definition) is 5. The lowest BCUT2D eigenvalue weighted by molar-refractivity contribution is -0.137. The Morgan fingerprint density at radius 2 is 1.94 bits per heavy atom. The monoisotopic (exact) mass is 481 g/mol. The largest absolute Gasteiger partial charge is 0.417 e. The molecule has 2 aliphatic heterocycles. The summed E-state index contributed by atoms with van der Waals surface area (Å²) in [7, 11) is 0. The van der Waals surface area contributed by atoms with Crippen molar-refractivity contribution < 1.29 is 22.4 Å². The highest BCUT2D eigenvalue weighted by atomic mass is 35.5. The third-order valence-corrected chi connectivity index (χ3v) is 6.30. The van der Waals surface area contributed by atoms with Crippen molar-refractivity contribution in [2.45, 2.75) is 37.5 Å². The number of carbonyl (C=O) groups excluding carboxylic acids is 1. The third kappa shape index (κ3) is 4.69. The molecular weight excluding hydrogens is 462 g/mol. The molecule has 3 heterocycles. The predicted octanol–water partition coefficient (Wildman–Crippen LogP) is 4.13. The van der Waals surface area contributed by atoms with Crippen LogP contribution in [0.4, 0.5) is 29.1 Å². The smallest absolute Gasteiger partial charge is 0.355 e. The van der Waals surface area contributed by atoms with Crippen molar-refractivity contribution in [2.75, 3.05) is 29.4 Å². The van der Waals surface area contributed by atoms with E-state index in [4.69, 9.17) is 16.9 Å². The first-order chi connectivity index (χ1) is 15.7. The van der Waals surface area contributed by atoms with Crippen molar-refractivity contribution in [3.63, 3.8) is 0 Å². The maximum Gasteiger partial charge on any atom is 0.417 e. The van der Waals surface area contributed by atoms with E-state index in [1.807, 2.05) is 6.07 Å². The van der Waals surface area contributed by atoms with E-state index in [1.54, 1.807) is 9.80 Å². The molecule has 2 aromatic rings. The molecule has 2 fully saturated rings. The van der Waals surface area contributed by atoms with E-state index in [9.17, 15) is 22.4 Å². The molecule has 0 bridgehead atoms. The molecule has 33 heavy (non-hydrogen) atoms. The number of pyridine rings is 1. The second-order valence-electron chi connectivity index (χ2n) is 8.03. The van der Waals surface area contributed by atoms with Crippen LogP contribution >= 0.6 is 11.6 Å². The maximum atomic E-state index is 14.9. The van der Waals surface area contributed by atoms with Gasteiger partial charge in [-0.25, -0.2) is 9.37 Å². The Kier molecular flexibility index (Phi) is 6.34. The van der Waals surface area contributed by atoms with E-state index in [0.717, 1.165) is 18.3 Å². The number of carbonyl (C=O) groups is 1. The molecule has 0 spiro atoms. The van der Waals surface area contributed by atoms with Gasteiger partial charge in [0.1, 0.15) is 17.7 Å². The van der Waals surface area contributed by atoms with E-state index in [-0.39, 0.29) is 34.0 Å². The molecule has 174 valence electrons. The number of anilines is 2. The van der Waals surface area contributed by atoms with Gasteiger partial charge >= 0.3 is 6.18 Å². The van der Waals surface area contributed by atoms with Crippen LogP contribution < -0.4 is 15.1 Å². The minimum atomic E-state index is -4.53. The molecule has 0 radical (unpaired) electrons. The van der Waals surface area contributed by atoms with Crippen LogP contribution in [0.5, 0.6) is 0 Å². The Morgan fingerprint density at radius 1 is 1.21 bits per heavy atom. The normalized spacial score (nSPS) is 19.3. The fraction of sp³-hybridized carbons (Fsp3) is 0.409. The molecule has 1 amide bonds. The van der Waals surface area contributed by atoms with Crippen LogP contribution in [0.25, 0.3) is 0 Å². The molecule has 2 saturated heterocycles. The molecule has 1 aromatic carbocycles. The van der Waals surface area contributed by atoms with Crippen LogP contribution in [0.1, 0.15) is 30.4 Å². The second kappa shape index (κ2) is 9.06. The first kappa shape index (κ1) is 23.1. The van der Waals surface area contributed by atoms with Gasteiger partial charge < -0.3 is 15.1 Å². The van der Waals surface area contributed by atoms with Gasteiger partial charge in [-0.1, -0.05) is 11.6 Å². The minimum Gasteiger partial charge on any atom is -0.355 e. The van der Waals surface area contributed by atoms with E-state index in [0.29, 0.717) is 38.9 Å². The lowest BCUT2D eigenvalue weighted by Gasteiger charge is -2.42. The molecule has 4 rings (SSSR count). The molecule has 1 N–H and O–H groups in total. The number of amides is 1. The Bertz CT molecular complexity index is 1100. The average Bonchev–Trinajstić information content (AvgIpc) is 3.20. The zero-order valence-electron chi connectivity index (χ0n) is 17.4. The lowest BCUT2D eigenvalue weighted by atomic mass is 9.98. The summed E-state index contributed by atoms with van der Waals surface area (Å²) in [6.45, 7) is 1.33. The fourth-order valence-corrected chi connectivity index (χ4v) is 4.71. The summed E-state index contributed by atoms with van der Waals surface area (Å²) in [6, 6.07) is 6.20. The quantitative estimate of drug-likeness (QED) is 0.665. The topological polar surface area (TPSA) is 72.3 Å². The molecule has 11 heteroatoms. The molecule has 0 saturated carbocycles. The van der Waals surface area contributed by atoms with Gasteiger partial charge in [0.15, 0.2) is 0 Å². The first-order valence-corrected chi connectivity index (χ1v) is 10.8. The zero-order chi connectivity index (χ0) is 23.8. The molecule has 1 aromatic heterocycles. The maximum absolute atomic E-state index is 14.9. The molecular formula is C22H20ClF4N5O. The number of halogens is 5. The standard InChI is InChI=1S/C22H20ClF4N5O/c23-16-10-14(22(25,26)27)12-30-20(16)31-7-4-15(5-8-31)32(19-3-6-29-21(19)33)18-2-1-13(11-28)9-17(18)24/h1-2,9-10,12,15,19H,3-8H2,(H,29,33)/t19-/m0/s1. The summed E-state index contributed by atoms with van der Waals surface area (Å²) >= 11 is 6.09. The summed E-state index contributed by atoms with van der Waals surface area (Å²) in [6.07, 6.45) is -2.22. The number of aromatic nitrogens is 1. The van der Waals surface area contributed by atoms with Gasteiger partial charge in [0.25, 0.3) is 0 Å². The third-order valence-electron chi connectivity index (χ3n) is 6.02. The van der Waals surface area contributed by atoms with Crippen LogP contribution in [0, 0.1) is 17.1 Å². The zero-order valence-corrected chi connectivity index (χ0v) is 18.1. The van der Waals surface area contributed by atoms with Crippen LogP contribution in [0.3, 0.4) is 0 Å². The SMILES string of the molecule is N#Cc1ccc(N(C2CCN(c3ncc(C(F)(F)F)cc3Cl)CC2)[C@H]2CCNC2=O)c(F)c1. The van der Waals surface area contributed by atoms with Crippen molar-refractivity contribution in [1.29, 1.82) is 5.26 Å². The number of rotatable bonds is 4. The highest BCUT2D eigenvalue weighted by Gasteiger charge is 2.38. The van der Waals surface area contributed by atoms with E-state index in [2.05, 4.69) is 10.3 Å². The average molecular weight is 482 g/mol. The number of hydrogen-bond donors (Lipinski definition) is 1. The van der Waals surface area contributed by atoms with Gasteiger partial charge in [0.2, 0.25) is 5.91 Å². The Labute approximate surface area is 192 Å². The van der Waals surface area contributed by atoms with E-state index >= 15 is 0 Å². The van der Waals surface area contributed by atoms with Crippen LogP contribution in [-0.4, -0.2) is 42.6 Å².